The van der Waals surface area contributed by atoms with Crippen molar-refractivity contribution in [3.8, 4) is 6.07 Å². The Hall–Kier alpha value is -1.21. The topological polar surface area (TPSA) is 62.5 Å². The van der Waals surface area contributed by atoms with Crippen LogP contribution >= 0.6 is 11.6 Å². The van der Waals surface area contributed by atoms with Crippen LogP contribution in [0.15, 0.2) is 0 Å². The molecule has 0 radical (unpaired) electrons. The molecule has 0 spiro atoms. The summed E-state index contributed by atoms with van der Waals surface area (Å²) in [4.78, 5) is 4.13. The minimum absolute atomic E-state index is 0.195. The van der Waals surface area contributed by atoms with E-state index in [0.29, 0.717) is 5.82 Å². The SMILES string of the molecule is Cc1nnc(C(C#N)CCl)nc1C. The Morgan fingerprint density at radius 2 is 2.08 bits per heavy atom. The van der Waals surface area contributed by atoms with Crippen molar-refractivity contribution < 1.29 is 0 Å². The average Bonchev–Trinajstić information content (AvgIpc) is 2.13. The molecule has 0 saturated heterocycles. The van der Waals surface area contributed by atoms with Crippen molar-refractivity contribution in [2.75, 3.05) is 5.88 Å². The van der Waals surface area contributed by atoms with Gasteiger partial charge in [0, 0.05) is 5.88 Å². The number of aromatic nitrogens is 3. The zero-order valence-electron chi connectivity index (χ0n) is 7.45. The van der Waals surface area contributed by atoms with Crippen molar-refractivity contribution in [3.05, 3.63) is 17.2 Å². The Morgan fingerprint density at radius 1 is 1.38 bits per heavy atom. The van der Waals surface area contributed by atoms with E-state index in [9.17, 15) is 0 Å². The van der Waals surface area contributed by atoms with Crippen LogP contribution in [0.25, 0.3) is 0 Å². The Labute approximate surface area is 81.6 Å². The second-order valence-corrected chi connectivity index (χ2v) is 2.99. The lowest BCUT2D eigenvalue weighted by Crippen LogP contribution is -2.08. The standard InChI is InChI=1S/C8H9ClN4/c1-5-6(2)12-13-8(11-5)7(3-9)4-10/h7H,3H2,1-2H3. The van der Waals surface area contributed by atoms with Crippen LogP contribution in [0.2, 0.25) is 0 Å². The Kier molecular flexibility index (Phi) is 3.15. The molecule has 13 heavy (non-hydrogen) atoms. The highest BCUT2D eigenvalue weighted by molar-refractivity contribution is 6.18. The number of rotatable bonds is 2. The molecule has 1 heterocycles. The lowest BCUT2D eigenvalue weighted by Gasteiger charge is -2.03. The van der Waals surface area contributed by atoms with Crippen molar-refractivity contribution in [1.82, 2.24) is 15.2 Å². The highest BCUT2D eigenvalue weighted by atomic mass is 35.5. The summed E-state index contributed by atoms with van der Waals surface area (Å²) in [5.74, 6) is 0.134. The molecule has 1 aromatic rings. The number of halogens is 1. The summed E-state index contributed by atoms with van der Waals surface area (Å²) in [5.41, 5.74) is 1.56. The van der Waals surface area contributed by atoms with E-state index in [1.165, 1.54) is 0 Å². The maximum absolute atomic E-state index is 8.70. The first-order chi connectivity index (χ1) is 6.19. The normalized spacial score (nSPS) is 12.2. The van der Waals surface area contributed by atoms with Crippen molar-refractivity contribution in [3.63, 3.8) is 0 Å². The summed E-state index contributed by atoms with van der Waals surface area (Å²) in [6.45, 7) is 3.65. The fourth-order valence-corrected chi connectivity index (χ4v) is 0.990. The van der Waals surface area contributed by atoms with Gasteiger partial charge in [-0.1, -0.05) is 0 Å². The number of alkyl halides is 1. The van der Waals surface area contributed by atoms with E-state index in [1.807, 2.05) is 19.9 Å². The zero-order valence-corrected chi connectivity index (χ0v) is 8.21. The smallest absolute Gasteiger partial charge is 0.169 e. The number of nitriles is 1. The van der Waals surface area contributed by atoms with Crippen molar-refractivity contribution >= 4 is 11.6 Å². The highest BCUT2D eigenvalue weighted by Crippen LogP contribution is 2.11. The molecule has 4 nitrogen and oxygen atoms in total. The van der Waals surface area contributed by atoms with Crippen LogP contribution in [0, 0.1) is 25.2 Å². The number of nitrogens with zero attached hydrogens (tertiary/aromatic N) is 4. The first kappa shape index (κ1) is 9.87. The van der Waals surface area contributed by atoms with Crippen LogP contribution in [0.4, 0.5) is 0 Å². The van der Waals surface area contributed by atoms with E-state index < -0.39 is 5.92 Å². The van der Waals surface area contributed by atoms with Gasteiger partial charge in [-0.2, -0.15) is 10.4 Å². The van der Waals surface area contributed by atoms with E-state index in [0.717, 1.165) is 11.4 Å². The second-order valence-electron chi connectivity index (χ2n) is 2.68. The van der Waals surface area contributed by atoms with Gasteiger partial charge in [0.25, 0.3) is 0 Å². The van der Waals surface area contributed by atoms with E-state index in [1.54, 1.807) is 0 Å². The van der Waals surface area contributed by atoms with E-state index in [2.05, 4.69) is 15.2 Å². The van der Waals surface area contributed by atoms with Crippen LogP contribution in [-0.4, -0.2) is 21.1 Å². The third kappa shape index (κ3) is 2.13. The molecule has 1 aromatic heterocycles. The Balaban J connectivity index is 3.04. The van der Waals surface area contributed by atoms with Gasteiger partial charge in [0.1, 0.15) is 5.92 Å². The molecule has 68 valence electrons. The summed E-state index contributed by atoms with van der Waals surface area (Å²) in [5, 5.41) is 16.4. The third-order valence-electron chi connectivity index (χ3n) is 1.73. The van der Waals surface area contributed by atoms with E-state index in [-0.39, 0.29) is 5.88 Å². The van der Waals surface area contributed by atoms with Gasteiger partial charge in [-0.05, 0) is 13.8 Å². The summed E-state index contributed by atoms with van der Waals surface area (Å²) in [7, 11) is 0. The first-order valence-electron chi connectivity index (χ1n) is 3.82. The molecule has 0 fully saturated rings. The van der Waals surface area contributed by atoms with Crippen molar-refractivity contribution in [1.29, 1.82) is 5.26 Å². The lowest BCUT2D eigenvalue weighted by atomic mass is 10.2. The van der Waals surface area contributed by atoms with Gasteiger partial charge >= 0.3 is 0 Å². The van der Waals surface area contributed by atoms with Gasteiger partial charge in [0.15, 0.2) is 5.82 Å². The maximum Gasteiger partial charge on any atom is 0.169 e. The van der Waals surface area contributed by atoms with Gasteiger partial charge < -0.3 is 0 Å². The molecule has 0 N–H and O–H groups in total. The highest BCUT2D eigenvalue weighted by Gasteiger charge is 2.13. The fraction of sp³-hybridized carbons (Fsp3) is 0.500. The largest absolute Gasteiger partial charge is 0.233 e. The molecule has 0 aliphatic rings. The van der Waals surface area contributed by atoms with Crippen molar-refractivity contribution in [2.24, 2.45) is 0 Å². The second kappa shape index (κ2) is 4.15. The molecule has 1 unspecified atom stereocenters. The Bertz CT molecular complexity index is 344. The molecular weight excluding hydrogens is 188 g/mol. The number of hydrogen-bond donors (Lipinski definition) is 0. The van der Waals surface area contributed by atoms with Gasteiger partial charge in [0.2, 0.25) is 0 Å². The monoisotopic (exact) mass is 196 g/mol. The number of aryl methyl sites for hydroxylation is 2. The molecule has 0 aromatic carbocycles. The summed E-state index contributed by atoms with van der Waals surface area (Å²) < 4.78 is 0. The quantitative estimate of drug-likeness (QED) is 0.670. The molecule has 0 amide bonds. The first-order valence-corrected chi connectivity index (χ1v) is 4.36. The molecule has 0 bridgehead atoms. The molecule has 5 heteroatoms. The number of hydrogen-bond acceptors (Lipinski definition) is 4. The molecule has 0 aliphatic carbocycles. The molecular formula is C8H9ClN4. The third-order valence-corrected chi connectivity index (χ3v) is 2.04. The van der Waals surface area contributed by atoms with Crippen LogP contribution in [-0.2, 0) is 0 Å². The molecule has 0 saturated carbocycles. The van der Waals surface area contributed by atoms with Crippen molar-refractivity contribution in [2.45, 2.75) is 19.8 Å². The minimum atomic E-state index is -0.464. The predicted molar refractivity (Wildman–Crippen MR) is 48.4 cm³/mol. The van der Waals surface area contributed by atoms with Gasteiger partial charge in [-0.3, -0.25) is 0 Å². The lowest BCUT2D eigenvalue weighted by molar-refractivity contribution is 0.767. The van der Waals surface area contributed by atoms with Gasteiger partial charge in [-0.25, -0.2) is 4.98 Å². The summed E-state index contributed by atoms with van der Waals surface area (Å²) >= 11 is 5.56. The predicted octanol–water partition coefficient (Wildman–Crippen LogP) is 1.33. The molecule has 1 rings (SSSR count). The maximum atomic E-state index is 8.70. The van der Waals surface area contributed by atoms with E-state index in [4.69, 9.17) is 16.9 Å². The molecule has 1 atom stereocenters. The molecule has 0 aliphatic heterocycles. The van der Waals surface area contributed by atoms with Crippen LogP contribution in [0.1, 0.15) is 23.1 Å². The van der Waals surface area contributed by atoms with Crippen LogP contribution in [0.3, 0.4) is 0 Å². The van der Waals surface area contributed by atoms with Crippen LogP contribution < -0.4 is 0 Å². The van der Waals surface area contributed by atoms with E-state index >= 15 is 0 Å². The zero-order chi connectivity index (χ0) is 9.84. The minimum Gasteiger partial charge on any atom is -0.233 e. The van der Waals surface area contributed by atoms with Crippen LogP contribution in [0.5, 0.6) is 0 Å². The van der Waals surface area contributed by atoms with Gasteiger partial charge in [0.05, 0.1) is 17.5 Å². The fourth-order valence-electron chi connectivity index (χ4n) is 0.783. The summed E-state index contributed by atoms with van der Waals surface area (Å²) in [6, 6.07) is 2.02. The summed E-state index contributed by atoms with van der Waals surface area (Å²) in [6.07, 6.45) is 0. The average molecular weight is 197 g/mol. The Morgan fingerprint density at radius 3 is 2.54 bits per heavy atom. The van der Waals surface area contributed by atoms with Gasteiger partial charge in [-0.15, -0.1) is 16.7 Å².